The summed E-state index contributed by atoms with van der Waals surface area (Å²) in [7, 11) is 2.06. The van der Waals surface area contributed by atoms with Gasteiger partial charge in [-0.25, -0.2) is 0 Å². The maximum atomic E-state index is 13.9. The van der Waals surface area contributed by atoms with Crippen LogP contribution in [0, 0.1) is 0 Å². The molecule has 2 fully saturated rings. The number of likely N-dealkylation sites (tertiary alicyclic amines) is 1. The maximum absolute atomic E-state index is 13.9. The number of hydrogen-bond acceptors (Lipinski definition) is 8. The molecule has 0 aliphatic carbocycles. The molecule has 3 aliphatic rings. The first-order valence-corrected chi connectivity index (χ1v) is 13.1. The molecule has 1 N–H and O–H groups in total. The largest absolute Gasteiger partial charge is 0.378 e. The van der Waals surface area contributed by atoms with Crippen molar-refractivity contribution in [3.8, 4) is 5.69 Å². The summed E-state index contributed by atoms with van der Waals surface area (Å²) in [6.45, 7) is 4.40. The van der Waals surface area contributed by atoms with Gasteiger partial charge in [-0.15, -0.1) is 22.0 Å². The van der Waals surface area contributed by atoms with E-state index >= 15 is 0 Å². The Kier molecular flexibility index (Phi) is 5.95. The number of morpholine rings is 1. The van der Waals surface area contributed by atoms with Gasteiger partial charge in [0.25, 0.3) is 5.91 Å². The van der Waals surface area contributed by atoms with Crippen LogP contribution in [-0.2, 0) is 10.5 Å². The molecule has 5 heterocycles. The number of rotatable bonds is 3. The molecule has 2 aromatic heterocycles. The number of anilines is 1. The van der Waals surface area contributed by atoms with Crippen LogP contribution in [0.5, 0.6) is 0 Å². The number of piperidine rings is 1. The minimum atomic E-state index is -0.308. The number of amides is 1. The first kappa shape index (κ1) is 22.5. The monoisotopic (exact) mass is 492 g/mol. The van der Waals surface area contributed by atoms with Crippen LogP contribution in [0.1, 0.15) is 28.8 Å². The number of nitrogens with one attached hydrogen (secondary N) is 1. The molecule has 2 saturated heterocycles. The van der Waals surface area contributed by atoms with E-state index in [2.05, 4.69) is 38.4 Å². The van der Waals surface area contributed by atoms with Crippen LogP contribution in [0.4, 0.5) is 5.82 Å². The van der Waals surface area contributed by atoms with Gasteiger partial charge in [0.2, 0.25) is 5.43 Å². The molecule has 1 aromatic carbocycles. The predicted molar refractivity (Wildman–Crippen MR) is 136 cm³/mol. The van der Waals surface area contributed by atoms with Gasteiger partial charge in [0.05, 0.1) is 29.3 Å². The number of aromatic nitrogens is 3. The molecule has 0 bridgehead atoms. The molecule has 9 nitrogen and oxygen atoms in total. The summed E-state index contributed by atoms with van der Waals surface area (Å²) < 4.78 is 7.40. The van der Waals surface area contributed by atoms with Crippen LogP contribution in [0.25, 0.3) is 16.7 Å². The number of fused-ring (bicyclic) bond motifs is 5. The summed E-state index contributed by atoms with van der Waals surface area (Å²) in [6, 6.07) is 9.87. The zero-order valence-electron chi connectivity index (χ0n) is 19.7. The molecular formula is C25H28N6O3S. The quantitative estimate of drug-likeness (QED) is 0.594. The van der Waals surface area contributed by atoms with Gasteiger partial charge in [-0.3, -0.25) is 14.2 Å². The number of carbonyl (C=O) groups is 1. The average molecular weight is 493 g/mol. The van der Waals surface area contributed by atoms with Gasteiger partial charge >= 0.3 is 0 Å². The first-order valence-electron chi connectivity index (χ1n) is 12.1. The van der Waals surface area contributed by atoms with Crippen LogP contribution in [0.2, 0.25) is 0 Å². The Morgan fingerprint density at radius 2 is 2.00 bits per heavy atom. The average Bonchev–Trinajstić information content (AvgIpc) is 2.89. The Bertz CT molecular complexity index is 1350. The molecule has 35 heavy (non-hydrogen) atoms. The topological polar surface area (TPSA) is 92.6 Å². The summed E-state index contributed by atoms with van der Waals surface area (Å²) in [5.74, 6) is 1.01. The van der Waals surface area contributed by atoms with Crippen LogP contribution in [0.3, 0.4) is 0 Å². The number of thioether (sulfide) groups is 1. The number of para-hydroxylation sites is 1. The van der Waals surface area contributed by atoms with Gasteiger partial charge in [0.1, 0.15) is 5.56 Å². The summed E-state index contributed by atoms with van der Waals surface area (Å²) in [5.41, 5.74) is 2.46. The zero-order chi connectivity index (χ0) is 23.9. The second-order valence-electron chi connectivity index (χ2n) is 9.38. The number of pyridine rings is 1. The van der Waals surface area contributed by atoms with E-state index in [0.717, 1.165) is 37.2 Å². The van der Waals surface area contributed by atoms with E-state index in [0.29, 0.717) is 53.9 Å². The summed E-state index contributed by atoms with van der Waals surface area (Å²) in [6.07, 6.45) is 1.94. The summed E-state index contributed by atoms with van der Waals surface area (Å²) in [5, 5.41) is 13.2. The highest BCUT2D eigenvalue weighted by Gasteiger charge is 2.30. The van der Waals surface area contributed by atoms with Gasteiger partial charge in [0.15, 0.2) is 11.5 Å². The third-order valence-corrected chi connectivity index (χ3v) is 8.10. The lowest BCUT2D eigenvalue weighted by Crippen LogP contribution is -2.47. The van der Waals surface area contributed by atoms with Crippen molar-refractivity contribution in [2.24, 2.45) is 0 Å². The molecule has 182 valence electrons. The van der Waals surface area contributed by atoms with Crippen molar-refractivity contribution >= 4 is 34.5 Å². The number of nitrogens with zero attached hydrogens (tertiary/aromatic N) is 5. The van der Waals surface area contributed by atoms with E-state index in [1.807, 2.05) is 22.8 Å². The van der Waals surface area contributed by atoms with Gasteiger partial charge in [-0.1, -0.05) is 18.2 Å². The van der Waals surface area contributed by atoms with Crippen LogP contribution < -0.4 is 15.6 Å². The number of carbonyl (C=O) groups excluding carboxylic acids is 1. The Balaban J connectivity index is 1.51. The van der Waals surface area contributed by atoms with E-state index in [9.17, 15) is 9.59 Å². The minimum Gasteiger partial charge on any atom is -0.378 e. The van der Waals surface area contributed by atoms with Crippen LogP contribution in [-0.4, -0.2) is 78.1 Å². The fourth-order valence-electron chi connectivity index (χ4n) is 5.19. The van der Waals surface area contributed by atoms with Gasteiger partial charge in [-0.05, 0) is 44.1 Å². The Hall–Kier alpha value is -2.95. The number of likely N-dealkylation sites (N-methyl/N-ethyl adjacent to an activating group) is 1. The van der Waals surface area contributed by atoms with Crippen molar-refractivity contribution in [1.82, 2.24) is 25.0 Å². The number of hydrogen-bond donors (Lipinski definition) is 1. The Labute approximate surface area is 207 Å². The van der Waals surface area contributed by atoms with Crippen LogP contribution in [0.15, 0.2) is 40.2 Å². The van der Waals surface area contributed by atoms with E-state index in [-0.39, 0.29) is 22.9 Å². The van der Waals surface area contributed by atoms with Crippen molar-refractivity contribution < 1.29 is 9.53 Å². The second kappa shape index (κ2) is 9.25. The molecule has 6 rings (SSSR count). The van der Waals surface area contributed by atoms with E-state index in [1.165, 1.54) is 11.8 Å². The van der Waals surface area contributed by atoms with Gasteiger partial charge in [0, 0.05) is 31.4 Å². The molecule has 3 aromatic rings. The van der Waals surface area contributed by atoms with Gasteiger partial charge in [-0.2, -0.15) is 0 Å². The second-order valence-corrected chi connectivity index (χ2v) is 10.3. The van der Waals surface area contributed by atoms with Crippen molar-refractivity contribution in [3.63, 3.8) is 0 Å². The smallest absolute Gasteiger partial charge is 0.258 e. The molecule has 3 aliphatic heterocycles. The van der Waals surface area contributed by atoms with Crippen molar-refractivity contribution in [3.05, 3.63) is 51.7 Å². The standard InChI is InChI=1S/C25H28N6O3S/c1-29-8-4-6-17(14-29)26-24(33)21-22(32)18-13-20(30-9-11-34-12-10-30)27-28-23(18)31-19-7-3-2-5-16(19)15-35-25(21)31/h2-3,5,7,13,17H,4,6,8-12,14-15H2,1H3,(H,26,33). The number of ether oxygens (including phenoxy) is 1. The lowest BCUT2D eigenvalue weighted by atomic mass is 10.1. The highest BCUT2D eigenvalue weighted by atomic mass is 32.2. The molecule has 1 unspecified atom stereocenters. The highest BCUT2D eigenvalue weighted by Crippen LogP contribution is 2.37. The number of benzene rings is 1. The van der Waals surface area contributed by atoms with Crippen molar-refractivity contribution in [2.75, 3.05) is 51.3 Å². The van der Waals surface area contributed by atoms with E-state index in [1.54, 1.807) is 6.07 Å². The molecule has 0 radical (unpaired) electrons. The first-order chi connectivity index (χ1) is 17.1. The van der Waals surface area contributed by atoms with Crippen molar-refractivity contribution in [2.45, 2.75) is 29.7 Å². The lowest BCUT2D eigenvalue weighted by Gasteiger charge is -2.31. The zero-order valence-corrected chi connectivity index (χ0v) is 20.5. The fraction of sp³-hybridized carbons (Fsp3) is 0.440. The molecule has 1 atom stereocenters. The SMILES string of the molecule is CN1CCCC(NC(=O)c2c3n(c4nnc(N5CCOCC5)cc4c2=O)-c2ccccc2CS3)C1. The summed E-state index contributed by atoms with van der Waals surface area (Å²) >= 11 is 1.51. The Morgan fingerprint density at radius 3 is 2.83 bits per heavy atom. The van der Waals surface area contributed by atoms with E-state index in [4.69, 9.17) is 4.74 Å². The minimum absolute atomic E-state index is 0.0253. The third-order valence-electron chi connectivity index (χ3n) is 6.98. The normalized spacial score (nSPS) is 20.4. The lowest BCUT2D eigenvalue weighted by molar-refractivity contribution is 0.0907. The summed E-state index contributed by atoms with van der Waals surface area (Å²) in [4.78, 5) is 31.8. The molecule has 0 saturated carbocycles. The molecule has 10 heteroatoms. The Morgan fingerprint density at radius 1 is 1.17 bits per heavy atom. The predicted octanol–water partition coefficient (Wildman–Crippen LogP) is 2.05. The van der Waals surface area contributed by atoms with Crippen molar-refractivity contribution in [1.29, 1.82) is 0 Å². The molecule has 0 spiro atoms. The fourth-order valence-corrected chi connectivity index (χ4v) is 6.37. The third kappa shape index (κ3) is 4.09. The maximum Gasteiger partial charge on any atom is 0.258 e. The van der Waals surface area contributed by atoms with E-state index < -0.39 is 0 Å². The van der Waals surface area contributed by atoms with Gasteiger partial charge < -0.3 is 19.9 Å². The van der Waals surface area contributed by atoms with Crippen LogP contribution >= 0.6 is 11.8 Å². The highest BCUT2D eigenvalue weighted by molar-refractivity contribution is 7.98. The molecule has 1 amide bonds. The molecular weight excluding hydrogens is 464 g/mol.